The van der Waals surface area contributed by atoms with Gasteiger partial charge in [-0.1, -0.05) is 30.3 Å². The van der Waals surface area contributed by atoms with Gasteiger partial charge in [0.1, 0.15) is 0 Å². The average Bonchev–Trinajstić information content (AvgIpc) is 3.07. The Morgan fingerprint density at radius 1 is 1.26 bits per heavy atom. The molecule has 2 rings (SSSR count). The molecule has 23 heavy (non-hydrogen) atoms. The van der Waals surface area contributed by atoms with Crippen LogP contribution in [0.25, 0.3) is 6.08 Å². The number of amides is 1. The van der Waals surface area contributed by atoms with Gasteiger partial charge in [-0.25, -0.2) is 4.79 Å². The van der Waals surface area contributed by atoms with Crippen molar-refractivity contribution in [3.63, 3.8) is 0 Å². The van der Waals surface area contributed by atoms with E-state index in [0.717, 1.165) is 17.5 Å². The second-order valence-corrected chi connectivity index (χ2v) is 5.78. The molecular formula is C18H19NO3S. The van der Waals surface area contributed by atoms with Crippen LogP contribution in [0.3, 0.4) is 0 Å². The zero-order valence-corrected chi connectivity index (χ0v) is 13.7. The predicted molar refractivity (Wildman–Crippen MR) is 92.1 cm³/mol. The van der Waals surface area contributed by atoms with Crippen LogP contribution in [0.4, 0.5) is 0 Å². The summed E-state index contributed by atoms with van der Waals surface area (Å²) in [5.41, 5.74) is 2.09. The van der Waals surface area contributed by atoms with Crippen LogP contribution >= 0.6 is 11.3 Å². The Morgan fingerprint density at radius 2 is 2.04 bits per heavy atom. The molecule has 0 fully saturated rings. The molecule has 5 heteroatoms. The van der Waals surface area contributed by atoms with Crippen LogP contribution in [-0.2, 0) is 20.7 Å². The minimum atomic E-state index is -0.814. The van der Waals surface area contributed by atoms with Crippen molar-refractivity contribution >= 4 is 29.3 Å². The molecule has 0 bridgehead atoms. The van der Waals surface area contributed by atoms with Gasteiger partial charge in [-0.3, -0.25) is 4.79 Å². The molecule has 1 heterocycles. The molecule has 2 aromatic rings. The highest BCUT2D eigenvalue weighted by atomic mass is 32.1. The fraction of sp³-hybridized carbons (Fsp3) is 0.222. The van der Waals surface area contributed by atoms with Gasteiger partial charge in [-0.15, -0.1) is 0 Å². The van der Waals surface area contributed by atoms with Crippen molar-refractivity contribution in [3.05, 3.63) is 64.4 Å². The maximum Gasteiger partial charge on any atom is 0.331 e. The van der Waals surface area contributed by atoms with Gasteiger partial charge < -0.3 is 10.1 Å². The van der Waals surface area contributed by atoms with Crippen molar-refractivity contribution in [2.75, 3.05) is 6.54 Å². The molecule has 1 aromatic heterocycles. The van der Waals surface area contributed by atoms with E-state index in [2.05, 4.69) is 5.32 Å². The topological polar surface area (TPSA) is 55.4 Å². The molecule has 120 valence electrons. The quantitative estimate of drug-likeness (QED) is 0.627. The Balaban J connectivity index is 1.70. The summed E-state index contributed by atoms with van der Waals surface area (Å²) in [5.74, 6) is -0.819. The van der Waals surface area contributed by atoms with Crippen LogP contribution in [0.1, 0.15) is 18.1 Å². The highest BCUT2D eigenvalue weighted by molar-refractivity contribution is 7.08. The van der Waals surface area contributed by atoms with E-state index in [4.69, 9.17) is 4.74 Å². The number of nitrogens with one attached hydrogen (secondary N) is 1. The molecular weight excluding hydrogens is 310 g/mol. The first-order valence-corrected chi connectivity index (χ1v) is 8.32. The third-order valence-electron chi connectivity index (χ3n) is 3.17. The fourth-order valence-corrected chi connectivity index (χ4v) is 2.55. The molecule has 0 unspecified atom stereocenters. The maximum atomic E-state index is 11.9. The molecule has 0 saturated carbocycles. The van der Waals surface area contributed by atoms with Crippen LogP contribution in [0.2, 0.25) is 0 Å². The second-order valence-electron chi connectivity index (χ2n) is 5.00. The smallest absolute Gasteiger partial charge is 0.331 e. The molecule has 4 nitrogen and oxygen atoms in total. The lowest BCUT2D eigenvalue weighted by atomic mass is 10.1. The number of benzene rings is 1. The van der Waals surface area contributed by atoms with Gasteiger partial charge in [0.2, 0.25) is 0 Å². The van der Waals surface area contributed by atoms with Gasteiger partial charge in [0, 0.05) is 12.6 Å². The normalized spacial score (nSPS) is 12.0. The molecule has 0 radical (unpaired) electrons. The number of thiophene rings is 1. The Kier molecular flexibility index (Phi) is 6.56. The molecule has 0 aliphatic rings. The van der Waals surface area contributed by atoms with Crippen LogP contribution in [0, 0.1) is 0 Å². The summed E-state index contributed by atoms with van der Waals surface area (Å²) in [6.07, 6.45) is 2.92. The highest BCUT2D eigenvalue weighted by Gasteiger charge is 2.15. The predicted octanol–water partition coefficient (Wildman–Crippen LogP) is 3.05. The monoisotopic (exact) mass is 329 g/mol. The lowest BCUT2D eigenvalue weighted by Crippen LogP contribution is -2.36. The van der Waals surface area contributed by atoms with Crippen molar-refractivity contribution in [1.82, 2.24) is 5.32 Å². The lowest BCUT2D eigenvalue weighted by molar-refractivity contribution is -0.150. The van der Waals surface area contributed by atoms with Crippen LogP contribution in [0.15, 0.2) is 53.2 Å². The van der Waals surface area contributed by atoms with Gasteiger partial charge >= 0.3 is 5.97 Å². The molecule has 0 aliphatic carbocycles. The third-order valence-corrected chi connectivity index (χ3v) is 3.87. The van der Waals surface area contributed by atoms with Crippen molar-refractivity contribution in [3.8, 4) is 0 Å². The third kappa shape index (κ3) is 6.08. The van der Waals surface area contributed by atoms with E-state index in [1.54, 1.807) is 24.3 Å². The minimum Gasteiger partial charge on any atom is -0.449 e. The van der Waals surface area contributed by atoms with Crippen molar-refractivity contribution in [2.24, 2.45) is 0 Å². The molecule has 0 saturated heterocycles. The second kappa shape index (κ2) is 8.90. The first-order chi connectivity index (χ1) is 11.1. The first-order valence-electron chi connectivity index (χ1n) is 7.37. The van der Waals surface area contributed by atoms with Gasteiger partial charge in [0.05, 0.1) is 0 Å². The minimum absolute atomic E-state index is 0.293. The zero-order valence-electron chi connectivity index (χ0n) is 12.9. The summed E-state index contributed by atoms with van der Waals surface area (Å²) in [6.45, 7) is 2.07. The van der Waals surface area contributed by atoms with Gasteiger partial charge in [-0.2, -0.15) is 11.3 Å². The molecule has 0 spiro atoms. The van der Waals surface area contributed by atoms with Crippen molar-refractivity contribution in [2.45, 2.75) is 19.4 Å². The van der Waals surface area contributed by atoms with Gasteiger partial charge in [-0.05, 0) is 47.4 Å². The summed E-state index contributed by atoms with van der Waals surface area (Å²) in [6, 6.07) is 11.8. The average molecular weight is 329 g/mol. The Bertz CT molecular complexity index is 650. The molecule has 1 amide bonds. The first kappa shape index (κ1) is 17.0. The van der Waals surface area contributed by atoms with Gasteiger partial charge in [0.15, 0.2) is 6.10 Å². The van der Waals surface area contributed by atoms with E-state index in [0.29, 0.717) is 6.54 Å². The standard InChI is InChI=1S/C18H19NO3S/c1-14(22-17(20)8-7-16-10-12-23-13-16)18(21)19-11-9-15-5-3-2-4-6-15/h2-8,10,12-14H,9,11H2,1H3,(H,19,21)/b8-7+/t14-/m0/s1. The van der Waals surface area contributed by atoms with E-state index in [9.17, 15) is 9.59 Å². The number of carbonyl (C=O) groups is 2. The summed E-state index contributed by atoms with van der Waals surface area (Å²) in [7, 11) is 0. The van der Waals surface area contributed by atoms with E-state index in [1.165, 1.54) is 6.08 Å². The Morgan fingerprint density at radius 3 is 2.74 bits per heavy atom. The number of rotatable bonds is 7. The Hall–Kier alpha value is -2.40. The SMILES string of the molecule is C[C@H](OC(=O)/C=C/c1ccsc1)C(=O)NCCc1ccccc1. The molecule has 0 aliphatic heterocycles. The van der Waals surface area contributed by atoms with Gasteiger partial charge in [0.25, 0.3) is 5.91 Å². The van der Waals surface area contributed by atoms with Crippen LogP contribution in [-0.4, -0.2) is 24.5 Å². The summed E-state index contributed by atoms with van der Waals surface area (Å²) >= 11 is 1.55. The fourth-order valence-electron chi connectivity index (χ4n) is 1.92. The van der Waals surface area contributed by atoms with E-state index in [1.807, 2.05) is 47.2 Å². The van der Waals surface area contributed by atoms with Crippen molar-refractivity contribution in [1.29, 1.82) is 0 Å². The summed E-state index contributed by atoms with van der Waals surface area (Å²) in [4.78, 5) is 23.6. The number of esters is 1. The van der Waals surface area contributed by atoms with Crippen LogP contribution < -0.4 is 5.32 Å². The number of hydrogen-bond acceptors (Lipinski definition) is 4. The zero-order chi connectivity index (χ0) is 16.5. The van der Waals surface area contributed by atoms with Crippen molar-refractivity contribution < 1.29 is 14.3 Å². The summed E-state index contributed by atoms with van der Waals surface area (Å²) in [5, 5.41) is 6.61. The van der Waals surface area contributed by atoms with Crippen LogP contribution in [0.5, 0.6) is 0 Å². The van der Waals surface area contributed by atoms with E-state index < -0.39 is 12.1 Å². The Labute approximate surface area is 139 Å². The highest BCUT2D eigenvalue weighted by Crippen LogP contribution is 2.08. The molecule has 1 atom stereocenters. The molecule has 1 aromatic carbocycles. The number of ether oxygens (including phenoxy) is 1. The molecule has 1 N–H and O–H groups in total. The largest absolute Gasteiger partial charge is 0.449 e. The van der Waals surface area contributed by atoms with E-state index >= 15 is 0 Å². The number of hydrogen-bond donors (Lipinski definition) is 1. The lowest BCUT2D eigenvalue weighted by Gasteiger charge is -2.12. The van der Waals surface area contributed by atoms with E-state index in [-0.39, 0.29) is 5.91 Å². The summed E-state index contributed by atoms with van der Waals surface area (Å²) < 4.78 is 5.08. The maximum absolute atomic E-state index is 11.9. The number of carbonyl (C=O) groups excluding carboxylic acids is 2.